The Balaban J connectivity index is 1.57. The summed E-state index contributed by atoms with van der Waals surface area (Å²) >= 11 is 0. The number of benzene rings is 1. The molecule has 3 aromatic rings. The average Bonchev–Trinajstić information content (AvgIpc) is 3.07. The average molecular weight is 313 g/mol. The second-order valence-electron chi connectivity index (χ2n) is 5.52. The number of rotatable bonds is 5. The van der Waals surface area contributed by atoms with Crippen LogP contribution in [-0.4, -0.2) is 35.7 Å². The van der Waals surface area contributed by atoms with Gasteiger partial charge in [-0.3, -0.25) is 4.79 Å². The van der Waals surface area contributed by atoms with Crippen LogP contribution in [-0.2, 0) is 24.9 Å². The van der Waals surface area contributed by atoms with Crippen molar-refractivity contribution in [3.05, 3.63) is 35.4 Å². The molecule has 1 aromatic carbocycles. The van der Waals surface area contributed by atoms with Crippen LogP contribution in [0.4, 0.5) is 0 Å². The molecule has 3 rings (SSSR count). The number of hydrogen-bond donors (Lipinski definition) is 1. The summed E-state index contributed by atoms with van der Waals surface area (Å²) in [5, 5.41) is 14.1. The van der Waals surface area contributed by atoms with Crippen molar-refractivity contribution in [2.75, 3.05) is 0 Å². The largest absolute Gasteiger partial charge is 0.352 e. The smallest absolute Gasteiger partial charge is 0.222 e. The Morgan fingerprint density at radius 3 is 2.83 bits per heavy atom. The highest BCUT2D eigenvalue weighted by Crippen LogP contribution is 2.16. The fourth-order valence-corrected chi connectivity index (χ4v) is 2.43. The van der Waals surface area contributed by atoms with Crippen molar-refractivity contribution in [2.45, 2.75) is 33.4 Å². The van der Waals surface area contributed by atoms with Crippen LogP contribution in [0.1, 0.15) is 23.6 Å². The molecule has 1 amide bonds. The van der Waals surface area contributed by atoms with Crippen LogP contribution in [0, 0.1) is 13.8 Å². The Morgan fingerprint density at radius 2 is 2.09 bits per heavy atom. The van der Waals surface area contributed by atoms with Gasteiger partial charge in [0.25, 0.3) is 0 Å². The first-order valence-corrected chi connectivity index (χ1v) is 7.46. The van der Waals surface area contributed by atoms with Crippen LogP contribution >= 0.6 is 0 Å². The highest BCUT2D eigenvalue weighted by molar-refractivity contribution is 5.78. The number of aryl methyl sites for hydroxylation is 4. The van der Waals surface area contributed by atoms with Gasteiger partial charge >= 0.3 is 0 Å². The summed E-state index contributed by atoms with van der Waals surface area (Å²) < 4.78 is 3.66. The van der Waals surface area contributed by atoms with Crippen molar-refractivity contribution in [1.29, 1.82) is 0 Å². The maximum atomic E-state index is 11.9. The van der Waals surface area contributed by atoms with Gasteiger partial charge in [-0.2, -0.15) is 0 Å². The predicted octanol–water partition coefficient (Wildman–Crippen LogP) is 0.883. The molecule has 2 aromatic heterocycles. The van der Waals surface area contributed by atoms with E-state index < -0.39 is 0 Å². The number of imidazole rings is 1. The van der Waals surface area contributed by atoms with Gasteiger partial charge in [-0.25, -0.2) is 9.67 Å². The molecule has 0 fully saturated rings. The van der Waals surface area contributed by atoms with Gasteiger partial charge in [0.2, 0.25) is 5.91 Å². The quantitative estimate of drug-likeness (QED) is 0.755. The van der Waals surface area contributed by atoms with Crippen LogP contribution in [0.2, 0.25) is 0 Å². The number of nitrogens with zero attached hydrogens (tertiary/aromatic N) is 6. The van der Waals surface area contributed by atoms with E-state index in [1.165, 1.54) is 0 Å². The Labute approximate surface area is 133 Å². The van der Waals surface area contributed by atoms with E-state index >= 15 is 0 Å². The van der Waals surface area contributed by atoms with Gasteiger partial charge < -0.3 is 9.88 Å². The third-order valence-corrected chi connectivity index (χ3v) is 3.92. The second-order valence-corrected chi connectivity index (χ2v) is 5.52. The second kappa shape index (κ2) is 6.15. The zero-order chi connectivity index (χ0) is 16.4. The van der Waals surface area contributed by atoms with E-state index in [4.69, 9.17) is 0 Å². The number of carbonyl (C=O) groups excluding carboxylic acids is 1. The van der Waals surface area contributed by atoms with Gasteiger partial charge in [-0.1, -0.05) is 6.07 Å². The van der Waals surface area contributed by atoms with Crippen LogP contribution in [0.15, 0.2) is 18.2 Å². The van der Waals surface area contributed by atoms with Crippen molar-refractivity contribution >= 4 is 16.9 Å². The summed E-state index contributed by atoms with van der Waals surface area (Å²) in [7, 11) is 1.99. The number of hydrogen-bond acceptors (Lipinski definition) is 5. The molecule has 0 atom stereocenters. The Kier molecular flexibility index (Phi) is 4.05. The van der Waals surface area contributed by atoms with Gasteiger partial charge in [-0.15, -0.1) is 5.10 Å². The minimum Gasteiger partial charge on any atom is -0.352 e. The normalized spacial score (nSPS) is 11.1. The molecular formula is C15H19N7O. The molecule has 8 nitrogen and oxygen atoms in total. The molecule has 2 heterocycles. The summed E-state index contributed by atoms with van der Waals surface area (Å²) in [4.78, 5) is 16.4. The summed E-state index contributed by atoms with van der Waals surface area (Å²) in [6, 6.07) is 6.05. The summed E-state index contributed by atoms with van der Waals surface area (Å²) in [6.45, 7) is 4.74. The van der Waals surface area contributed by atoms with Crippen molar-refractivity contribution in [3.63, 3.8) is 0 Å². The summed E-state index contributed by atoms with van der Waals surface area (Å²) in [5.74, 6) is 1.64. The fraction of sp³-hybridized carbons (Fsp3) is 0.400. The molecule has 0 aliphatic carbocycles. The maximum Gasteiger partial charge on any atom is 0.222 e. The fourth-order valence-electron chi connectivity index (χ4n) is 2.43. The van der Waals surface area contributed by atoms with Gasteiger partial charge in [0.1, 0.15) is 11.6 Å². The van der Waals surface area contributed by atoms with Gasteiger partial charge in [-0.05, 0) is 42.0 Å². The van der Waals surface area contributed by atoms with Gasteiger partial charge in [0, 0.05) is 20.0 Å². The molecule has 23 heavy (non-hydrogen) atoms. The van der Waals surface area contributed by atoms with Crippen molar-refractivity contribution in [1.82, 2.24) is 35.1 Å². The van der Waals surface area contributed by atoms with Gasteiger partial charge in [0.15, 0.2) is 0 Å². The molecule has 0 saturated heterocycles. The molecular weight excluding hydrogens is 294 g/mol. The maximum absolute atomic E-state index is 11.9. The molecule has 0 spiro atoms. The zero-order valence-corrected chi connectivity index (χ0v) is 13.4. The molecule has 8 heteroatoms. The Hall–Kier alpha value is -2.77. The van der Waals surface area contributed by atoms with Crippen LogP contribution in [0.5, 0.6) is 0 Å². The summed E-state index contributed by atoms with van der Waals surface area (Å²) in [6.07, 6.45) is 0.344. The molecule has 0 aliphatic rings. The standard InChI is InChI=1S/C15H19N7O/c1-10-17-13-8-12(4-5-14(13)21(10)3)9-16-15(23)6-7-22-11(2)18-19-20-22/h4-5,8H,6-7,9H2,1-3H3,(H,16,23). The van der Waals surface area contributed by atoms with E-state index in [0.29, 0.717) is 25.3 Å². The molecule has 0 unspecified atom stereocenters. The van der Waals surface area contributed by atoms with Crippen molar-refractivity contribution < 1.29 is 4.79 Å². The highest BCUT2D eigenvalue weighted by Gasteiger charge is 2.07. The molecule has 0 saturated carbocycles. The SMILES string of the molecule is Cc1nnnn1CCC(=O)NCc1ccc2c(c1)nc(C)n2C. The van der Waals surface area contributed by atoms with Crippen LogP contribution < -0.4 is 5.32 Å². The lowest BCUT2D eigenvalue weighted by atomic mass is 10.2. The molecule has 120 valence electrons. The van der Waals surface area contributed by atoms with Crippen LogP contribution in [0.25, 0.3) is 11.0 Å². The summed E-state index contributed by atoms with van der Waals surface area (Å²) in [5.41, 5.74) is 3.07. The lowest BCUT2D eigenvalue weighted by molar-refractivity contribution is -0.121. The highest BCUT2D eigenvalue weighted by atomic mass is 16.1. The third kappa shape index (κ3) is 3.20. The first-order chi connectivity index (χ1) is 11.0. The number of amides is 1. The zero-order valence-electron chi connectivity index (χ0n) is 13.4. The van der Waals surface area contributed by atoms with E-state index in [0.717, 1.165) is 22.4 Å². The first kappa shape index (κ1) is 15.1. The number of tetrazole rings is 1. The van der Waals surface area contributed by atoms with E-state index in [9.17, 15) is 4.79 Å². The lowest BCUT2D eigenvalue weighted by Gasteiger charge is -2.06. The van der Waals surface area contributed by atoms with E-state index in [1.807, 2.05) is 43.7 Å². The van der Waals surface area contributed by atoms with Crippen LogP contribution in [0.3, 0.4) is 0 Å². The number of fused-ring (bicyclic) bond motifs is 1. The lowest BCUT2D eigenvalue weighted by Crippen LogP contribution is -2.24. The molecule has 1 N–H and O–H groups in total. The Bertz CT molecular complexity index is 849. The molecule has 0 radical (unpaired) electrons. The number of aromatic nitrogens is 6. The minimum absolute atomic E-state index is 0.0304. The predicted molar refractivity (Wildman–Crippen MR) is 84.5 cm³/mol. The third-order valence-electron chi connectivity index (χ3n) is 3.92. The van der Waals surface area contributed by atoms with E-state index in [1.54, 1.807) is 4.68 Å². The van der Waals surface area contributed by atoms with E-state index in [-0.39, 0.29) is 5.91 Å². The molecule has 0 bridgehead atoms. The van der Waals surface area contributed by atoms with Crippen molar-refractivity contribution in [3.8, 4) is 0 Å². The topological polar surface area (TPSA) is 90.5 Å². The minimum atomic E-state index is -0.0304. The van der Waals surface area contributed by atoms with E-state index in [2.05, 4.69) is 25.8 Å². The van der Waals surface area contributed by atoms with Gasteiger partial charge in [0.05, 0.1) is 17.6 Å². The molecule has 0 aliphatic heterocycles. The van der Waals surface area contributed by atoms with Crippen molar-refractivity contribution in [2.24, 2.45) is 7.05 Å². The number of carbonyl (C=O) groups is 1. The Morgan fingerprint density at radius 1 is 1.26 bits per heavy atom. The first-order valence-electron chi connectivity index (χ1n) is 7.46. The number of nitrogens with one attached hydrogen (secondary N) is 1. The monoisotopic (exact) mass is 313 g/mol.